The maximum atomic E-state index is 12.8. The summed E-state index contributed by atoms with van der Waals surface area (Å²) < 4.78 is 24.1. The molecular weight excluding hydrogens is 522 g/mol. The molecule has 0 unspecified atom stereocenters. The van der Waals surface area contributed by atoms with Crippen molar-refractivity contribution in [3.63, 3.8) is 0 Å². The number of nitrogen functional groups attached to an aromatic ring is 1. The summed E-state index contributed by atoms with van der Waals surface area (Å²) in [7, 11) is 0. The first-order valence-electron chi connectivity index (χ1n) is 13.1. The number of carbonyl (C=O) groups is 3. The van der Waals surface area contributed by atoms with Crippen LogP contribution in [-0.4, -0.2) is 62.8 Å². The Morgan fingerprint density at radius 3 is 2.52 bits per heavy atom. The second kappa shape index (κ2) is 11.9. The zero-order chi connectivity index (χ0) is 29.1. The maximum Gasteiger partial charge on any atom is 0.338 e. The Balaban J connectivity index is 1.79. The molecule has 1 saturated heterocycles. The van der Waals surface area contributed by atoms with E-state index >= 15 is 0 Å². The third-order valence-corrected chi connectivity index (χ3v) is 6.27. The number of nitrogens with zero attached hydrogens (tertiary/aromatic N) is 3. The van der Waals surface area contributed by atoms with Crippen molar-refractivity contribution in [1.29, 1.82) is 0 Å². The van der Waals surface area contributed by atoms with Crippen LogP contribution in [0.3, 0.4) is 0 Å². The standard InChI is InChI=1S/C27H33N5O8/c1-6-37-26(36)16-9-7-8-15(10-16)21-29-20-22(30-27(28)31-23(20)33)32(21)19-11-17(40-25(35)14(4)5)18(39-19)12-38-24(34)13(2)3/h7-10,13-14,17-19H,6,11-12H2,1-5H3,(H3,28,30,31,33)/t17-,18+,19+/m0/s1. The minimum atomic E-state index is -0.840. The van der Waals surface area contributed by atoms with Crippen LogP contribution in [0, 0.1) is 11.8 Å². The number of aromatic amines is 1. The van der Waals surface area contributed by atoms with Crippen molar-refractivity contribution in [2.45, 2.75) is 59.5 Å². The van der Waals surface area contributed by atoms with Crippen molar-refractivity contribution in [2.24, 2.45) is 11.8 Å². The van der Waals surface area contributed by atoms with Crippen LogP contribution in [0.2, 0.25) is 0 Å². The summed E-state index contributed by atoms with van der Waals surface area (Å²) in [6.07, 6.45) is -2.26. The van der Waals surface area contributed by atoms with E-state index in [0.29, 0.717) is 5.56 Å². The molecule has 13 heteroatoms. The number of ether oxygens (including phenoxy) is 4. The molecule has 0 radical (unpaired) electrons. The largest absolute Gasteiger partial charge is 0.463 e. The molecule has 0 amide bonds. The fraction of sp³-hybridized carbons (Fsp3) is 0.481. The van der Waals surface area contributed by atoms with Crippen LogP contribution in [0.1, 0.15) is 57.6 Å². The highest BCUT2D eigenvalue weighted by molar-refractivity contribution is 5.91. The molecule has 40 heavy (non-hydrogen) atoms. The summed E-state index contributed by atoms with van der Waals surface area (Å²) in [5.74, 6) is -2.00. The van der Waals surface area contributed by atoms with Crippen molar-refractivity contribution < 1.29 is 33.3 Å². The van der Waals surface area contributed by atoms with Crippen LogP contribution < -0.4 is 11.3 Å². The molecule has 1 aromatic carbocycles. The van der Waals surface area contributed by atoms with Gasteiger partial charge in [0.05, 0.1) is 24.0 Å². The monoisotopic (exact) mass is 555 g/mol. The second-order valence-corrected chi connectivity index (χ2v) is 10.0. The molecule has 1 fully saturated rings. The van der Waals surface area contributed by atoms with Gasteiger partial charge in [-0.25, -0.2) is 9.78 Å². The number of nitrogens with two attached hydrogens (primary N) is 1. The van der Waals surface area contributed by atoms with Gasteiger partial charge >= 0.3 is 17.9 Å². The minimum Gasteiger partial charge on any atom is -0.463 e. The van der Waals surface area contributed by atoms with Gasteiger partial charge in [-0.3, -0.25) is 23.9 Å². The van der Waals surface area contributed by atoms with Crippen molar-refractivity contribution in [1.82, 2.24) is 19.5 Å². The SMILES string of the molecule is CCOC(=O)c1cccc(-c2nc3c(=O)[nH]c(N)nc3n2[C@H]2C[C@H](OC(=O)C(C)C)[C@@H](COC(=O)C(C)C)O2)c1. The molecule has 3 aromatic rings. The molecule has 3 N–H and O–H groups in total. The number of imidazole rings is 1. The number of benzene rings is 1. The molecule has 214 valence electrons. The lowest BCUT2D eigenvalue weighted by Crippen LogP contribution is -2.33. The third kappa shape index (κ3) is 5.98. The number of H-pyrrole nitrogens is 1. The Labute approximate surface area is 230 Å². The number of hydrogen-bond acceptors (Lipinski definition) is 11. The highest BCUT2D eigenvalue weighted by Gasteiger charge is 2.42. The molecule has 4 rings (SSSR count). The Morgan fingerprint density at radius 1 is 1.12 bits per heavy atom. The average Bonchev–Trinajstić information content (AvgIpc) is 3.48. The zero-order valence-corrected chi connectivity index (χ0v) is 23.0. The molecule has 1 aliphatic rings. The lowest BCUT2D eigenvalue weighted by molar-refractivity contribution is -0.162. The molecule has 0 bridgehead atoms. The Kier molecular flexibility index (Phi) is 8.52. The zero-order valence-electron chi connectivity index (χ0n) is 23.0. The van der Waals surface area contributed by atoms with Crippen LogP contribution in [-0.2, 0) is 28.5 Å². The number of anilines is 1. The molecule has 1 aliphatic heterocycles. The molecule has 2 aromatic heterocycles. The minimum absolute atomic E-state index is 0.000233. The number of nitrogens with one attached hydrogen (secondary N) is 1. The highest BCUT2D eigenvalue weighted by Crippen LogP contribution is 2.37. The van der Waals surface area contributed by atoms with E-state index in [2.05, 4.69) is 15.0 Å². The van der Waals surface area contributed by atoms with E-state index in [1.54, 1.807) is 63.5 Å². The molecule has 3 heterocycles. The van der Waals surface area contributed by atoms with Gasteiger partial charge in [-0.1, -0.05) is 39.8 Å². The van der Waals surface area contributed by atoms with E-state index in [9.17, 15) is 19.2 Å². The van der Waals surface area contributed by atoms with Crippen LogP contribution in [0.5, 0.6) is 0 Å². The molecule has 0 saturated carbocycles. The van der Waals surface area contributed by atoms with Crippen molar-refractivity contribution >= 4 is 35.0 Å². The van der Waals surface area contributed by atoms with Gasteiger partial charge in [-0.05, 0) is 19.1 Å². The number of fused-ring (bicyclic) bond motifs is 1. The maximum absolute atomic E-state index is 12.8. The first kappa shape index (κ1) is 28.7. The predicted molar refractivity (Wildman–Crippen MR) is 143 cm³/mol. The molecular formula is C27H33N5O8. The van der Waals surface area contributed by atoms with Crippen LogP contribution >= 0.6 is 0 Å². The van der Waals surface area contributed by atoms with Crippen LogP contribution in [0.15, 0.2) is 29.1 Å². The van der Waals surface area contributed by atoms with Crippen LogP contribution in [0.4, 0.5) is 5.95 Å². The van der Waals surface area contributed by atoms with Crippen molar-refractivity contribution in [2.75, 3.05) is 18.9 Å². The second-order valence-electron chi connectivity index (χ2n) is 10.0. The number of esters is 3. The third-order valence-electron chi connectivity index (χ3n) is 6.27. The molecule has 0 spiro atoms. The summed E-state index contributed by atoms with van der Waals surface area (Å²) in [5, 5.41) is 0. The van der Waals surface area contributed by atoms with E-state index in [4.69, 9.17) is 24.7 Å². The van der Waals surface area contributed by atoms with Gasteiger partial charge in [-0.2, -0.15) is 4.98 Å². The normalized spacial score (nSPS) is 18.8. The van der Waals surface area contributed by atoms with E-state index < -0.39 is 47.8 Å². The number of aromatic nitrogens is 4. The smallest absolute Gasteiger partial charge is 0.338 e. The molecule has 0 aliphatic carbocycles. The van der Waals surface area contributed by atoms with E-state index in [1.807, 2.05) is 0 Å². The summed E-state index contributed by atoms with van der Waals surface area (Å²) in [5.41, 5.74) is 6.20. The summed E-state index contributed by atoms with van der Waals surface area (Å²) in [6, 6.07) is 6.56. The Morgan fingerprint density at radius 2 is 1.85 bits per heavy atom. The highest BCUT2D eigenvalue weighted by atomic mass is 16.6. The van der Waals surface area contributed by atoms with Gasteiger partial charge in [0.2, 0.25) is 5.95 Å². The van der Waals surface area contributed by atoms with Gasteiger partial charge in [0.25, 0.3) is 5.56 Å². The van der Waals surface area contributed by atoms with E-state index in [-0.39, 0.29) is 54.1 Å². The molecule has 13 nitrogen and oxygen atoms in total. The topological polar surface area (TPSA) is 178 Å². The summed E-state index contributed by atoms with van der Waals surface area (Å²) in [6.45, 7) is 8.59. The predicted octanol–water partition coefficient (Wildman–Crippen LogP) is 2.60. The van der Waals surface area contributed by atoms with Gasteiger partial charge < -0.3 is 24.7 Å². The van der Waals surface area contributed by atoms with Crippen molar-refractivity contribution in [3.05, 3.63) is 40.2 Å². The molecule has 3 atom stereocenters. The number of rotatable bonds is 9. The van der Waals surface area contributed by atoms with E-state index in [0.717, 1.165) is 0 Å². The Hall–Kier alpha value is -4.26. The fourth-order valence-electron chi connectivity index (χ4n) is 4.23. The van der Waals surface area contributed by atoms with Gasteiger partial charge in [-0.15, -0.1) is 0 Å². The first-order valence-corrected chi connectivity index (χ1v) is 13.1. The van der Waals surface area contributed by atoms with Gasteiger partial charge in [0.15, 0.2) is 11.2 Å². The quantitative estimate of drug-likeness (QED) is 0.293. The fourth-order valence-corrected chi connectivity index (χ4v) is 4.23. The van der Waals surface area contributed by atoms with Gasteiger partial charge in [0.1, 0.15) is 30.9 Å². The van der Waals surface area contributed by atoms with Crippen LogP contribution in [0.25, 0.3) is 22.6 Å². The van der Waals surface area contributed by atoms with Crippen molar-refractivity contribution in [3.8, 4) is 11.4 Å². The van der Waals surface area contributed by atoms with Gasteiger partial charge in [0, 0.05) is 12.0 Å². The first-order chi connectivity index (χ1) is 19.0. The summed E-state index contributed by atoms with van der Waals surface area (Å²) in [4.78, 5) is 61.1. The van der Waals surface area contributed by atoms with E-state index in [1.165, 1.54) is 0 Å². The Bertz CT molecular complexity index is 1480. The lowest BCUT2D eigenvalue weighted by Gasteiger charge is -2.20. The summed E-state index contributed by atoms with van der Waals surface area (Å²) >= 11 is 0. The lowest BCUT2D eigenvalue weighted by atomic mass is 10.1. The number of carbonyl (C=O) groups excluding carboxylic acids is 3. The average molecular weight is 556 g/mol. The number of hydrogen-bond donors (Lipinski definition) is 2.